The minimum atomic E-state index is 0. The Labute approximate surface area is 404 Å². The van der Waals surface area contributed by atoms with Crippen molar-refractivity contribution in [1.29, 1.82) is 0 Å². The van der Waals surface area contributed by atoms with Crippen LogP contribution in [-0.4, -0.2) is 0 Å². The lowest BCUT2D eigenvalue weighted by molar-refractivity contribution is 0.952. The van der Waals surface area contributed by atoms with Crippen molar-refractivity contribution in [1.82, 2.24) is 0 Å². The largest absolute Gasteiger partial charge is 0.0776 e. The Morgan fingerprint density at radius 1 is 0.266 bits per heavy atom. The van der Waals surface area contributed by atoms with Gasteiger partial charge >= 0.3 is 0 Å². The third-order valence-corrected chi connectivity index (χ3v) is 10.0. The average Bonchev–Trinajstić information content (AvgIpc) is 3.82. The molecule has 3 aliphatic carbocycles. The molecule has 9 rings (SSSR count). The second kappa shape index (κ2) is 36.6. The van der Waals surface area contributed by atoms with Crippen LogP contribution in [0.1, 0.15) is 209 Å². The maximum atomic E-state index is 2.33. The van der Waals surface area contributed by atoms with Crippen molar-refractivity contribution in [2.75, 3.05) is 0 Å². The summed E-state index contributed by atoms with van der Waals surface area (Å²) >= 11 is 0. The first-order chi connectivity index (χ1) is 26.1. The highest BCUT2D eigenvalue weighted by molar-refractivity contribution is 5.80. The molecule has 0 bridgehead atoms. The SMILES string of the molecule is C.C.C.C.C.C.C.C.C.C.CC.CC.CC.CC.Cc1ccc2c(c1)C(C)c1cc(C)ccc1-2.Cc1ccc2c(c1)Cc1cc(C)ccc1-2.Cc1ccc2c(c1)Cc1cc(C)ccc1-2. The van der Waals surface area contributed by atoms with Crippen LogP contribution < -0.4 is 0 Å². The molecule has 0 heteroatoms. The van der Waals surface area contributed by atoms with Crippen molar-refractivity contribution in [3.8, 4) is 33.4 Å². The molecule has 0 aromatic heterocycles. The molecule has 364 valence electrons. The van der Waals surface area contributed by atoms with E-state index in [2.05, 4.69) is 158 Å². The number of fused-ring (bicyclic) bond motifs is 9. The number of rotatable bonds is 0. The fourth-order valence-corrected chi connectivity index (χ4v) is 7.68. The first-order valence-corrected chi connectivity index (χ1v) is 20.7. The molecule has 6 aromatic rings. The van der Waals surface area contributed by atoms with Gasteiger partial charge in [-0.2, -0.15) is 0 Å². The Hall–Kier alpha value is -4.68. The summed E-state index contributed by atoms with van der Waals surface area (Å²) < 4.78 is 0. The molecule has 0 heterocycles. The van der Waals surface area contributed by atoms with Crippen molar-refractivity contribution >= 4 is 0 Å². The van der Waals surface area contributed by atoms with E-state index in [1.54, 1.807) is 0 Å². The number of aryl methyl sites for hydroxylation is 6. The molecule has 3 aliphatic rings. The van der Waals surface area contributed by atoms with E-state index in [4.69, 9.17) is 0 Å². The zero-order valence-corrected chi connectivity index (χ0v) is 36.4. The quantitative estimate of drug-likeness (QED) is 0.142. The normalized spacial score (nSPS) is 9.61. The summed E-state index contributed by atoms with van der Waals surface area (Å²) in [6, 6.07) is 40.7. The standard InChI is InChI=1S/C16H16.2C15H14.4C2H6.10CH4/c1-10-4-6-13-14-7-5-11(2)9-16(14)12(3)15(13)8-10;2*1-10-3-5-14-12(7-10)9-13-8-11(2)4-6-15(13)14;4*1-2;;;;;;;;;;/h4-9,12H,1-3H3;2*3-8H,9H2,1-2H3;4*1-2H3;10*1H4. The van der Waals surface area contributed by atoms with Crippen molar-refractivity contribution in [3.05, 3.63) is 176 Å². The van der Waals surface area contributed by atoms with E-state index in [9.17, 15) is 0 Å². The van der Waals surface area contributed by atoms with Gasteiger partial charge in [-0.1, -0.05) is 279 Å². The van der Waals surface area contributed by atoms with E-state index in [0.29, 0.717) is 5.92 Å². The second-order valence-corrected chi connectivity index (χ2v) is 13.9. The summed E-state index contributed by atoms with van der Waals surface area (Å²) in [5, 5.41) is 0. The molecule has 0 saturated heterocycles. The van der Waals surface area contributed by atoms with Crippen LogP contribution >= 0.6 is 0 Å². The van der Waals surface area contributed by atoms with Gasteiger partial charge in [-0.05, 0) is 121 Å². The average molecular weight is 878 g/mol. The van der Waals surface area contributed by atoms with E-state index in [1.165, 1.54) is 100 Å². The van der Waals surface area contributed by atoms with Crippen molar-refractivity contribution in [2.45, 2.75) is 197 Å². The summed E-state index contributed by atoms with van der Waals surface area (Å²) in [5.74, 6) is 0.546. The van der Waals surface area contributed by atoms with Gasteiger partial charge in [0.1, 0.15) is 0 Å². The van der Waals surface area contributed by atoms with E-state index in [-0.39, 0.29) is 74.3 Å². The molecule has 0 aliphatic heterocycles. The number of benzene rings is 6. The highest BCUT2D eigenvalue weighted by Gasteiger charge is 2.25. The van der Waals surface area contributed by atoms with Gasteiger partial charge in [-0.25, -0.2) is 0 Å². The molecule has 0 nitrogen and oxygen atoms in total. The van der Waals surface area contributed by atoms with Gasteiger partial charge in [0, 0.05) is 5.92 Å². The zero-order valence-electron chi connectivity index (χ0n) is 36.4. The van der Waals surface area contributed by atoms with Gasteiger partial charge < -0.3 is 0 Å². The molecular weight excluding hydrogens is 769 g/mol. The van der Waals surface area contributed by atoms with E-state index in [1.807, 2.05) is 55.4 Å². The summed E-state index contributed by atoms with van der Waals surface area (Å²) in [5.41, 5.74) is 25.6. The molecule has 6 aromatic carbocycles. The van der Waals surface area contributed by atoms with Crippen molar-refractivity contribution in [2.24, 2.45) is 0 Å². The summed E-state index contributed by atoms with van der Waals surface area (Å²) in [7, 11) is 0. The van der Waals surface area contributed by atoms with Crippen LogP contribution in [0, 0.1) is 41.5 Å². The summed E-state index contributed by atoms with van der Waals surface area (Å²) in [6.45, 7) is 31.3. The van der Waals surface area contributed by atoms with Crippen molar-refractivity contribution in [3.63, 3.8) is 0 Å². The van der Waals surface area contributed by atoms with Crippen LogP contribution in [0.15, 0.2) is 109 Å². The molecule has 0 atom stereocenters. The highest BCUT2D eigenvalue weighted by Crippen LogP contribution is 2.45. The predicted molar refractivity (Wildman–Crippen MR) is 310 cm³/mol. The van der Waals surface area contributed by atoms with Crippen LogP contribution in [-0.2, 0) is 12.8 Å². The minimum Gasteiger partial charge on any atom is -0.0776 e. The van der Waals surface area contributed by atoms with Gasteiger partial charge in [0.05, 0.1) is 0 Å². The van der Waals surface area contributed by atoms with E-state index < -0.39 is 0 Å². The van der Waals surface area contributed by atoms with E-state index in [0.717, 1.165) is 12.8 Å². The fourth-order valence-electron chi connectivity index (χ4n) is 7.68. The fraction of sp³-hybridized carbons (Fsp3) is 0.438. The van der Waals surface area contributed by atoms with Gasteiger partial charge in [0.25, 0.3) is 0 Å². The third kappa shape index (κ3) is 17.7. The lowest BCUT2D eigenvalue weighted by Gasteiger charge is -2.07. The molecule has 0 amide bonds. The van der Waals surface area contributed by atoms with Gasteiger partial charge in [0.2, 0.25) is 0 Å². The molecule has 0 saturated carbocycles. The van der Waals surface area contributed by atoms with Crippen LogP contribution in [0.5, 0.6) is 0 Å². The molecule has 0 spiro atoms. The maximum Gasteiger partial charge on any atom is 0.00735 e. The predicted octanol–water partition coefficient (Wildman–Crippen LogP) is 22.7. The van der Waals surface area contributed by atoms with Gasteiger partial charge in [-0.3, -0.25) is 0 Å². The van der Waals surface area contributed by atoms with Crippen molar-refractivity contribution < 1.29 is 0 Å². The highest BCUT2D eigenvalue weighted by atomic mass is 14.3. The number of hydrogen-bond acceptors (Lipinski definition) is 0. The maximum absolute atomic E-state index is 2.33. The molecule has 64 heavy (non-hydrogen) atoms. The lowest BCUT2D eigenvalue weighted by atomic mass is 9.97. The topological polar surface area (TPSA) is 0 Å². The first kappa shape index (κ1) is 76.6. The Morgan fingerprint density at radius 2 is 0.438 bits per heavy atom. The smallest absolute Gasteiger partial charge is 0.00735 e. The van der Waals surface area contributed by atoms with Gasteiger partial charge in [0.15, 0.2) is 0 Å². The molecular formula is C64H108. The Kier molecular flexibility index (Phi) is 43.9. The molecule has 0 unspecified atom stereocenters. The van der Waals surface area contributed by atoms with Crippen LogP contribution in [0.3, 0.4) is 0 Å². The van der Waals surface area contributed by atoms with Crippen LogP contribution in [0.2, 0.25) is 0 Å². The second-order valence-electron chi connectivity index (χ2n) is 13.9. The molecule has 0 N–H and O–H groups in total. The zero-order chi connectivity index (χ0) is 40.1. The number of hydrogen-bond donors (Lipinski definition) is 0. The van der Waals surface area contributed by atoms with E-state index >= 15 is 0 Å². The van der Waals surface area contributed by atoms with Crippen LogP contribution in [0.25, 0.3) is 33.4 Å². The Balaban J connectivity index is -0.000000106. The molecule has 0 fully saturated rings. The minimum absolute atomic E-state index is 0. The lowest BCUT2D eigenvalue weighted by Crippen LogP contribution is -1.90. The van der Waals surface area contributed by atoms with Crippen LogP contribution in [0.4, 0.5) is 0 Å². The van der Waals surface area contributed by atoms with Gasteiger partial charge in [-0.15, -0.1) is 0 Å². The molecule has 0 radical (unpaired) electrons. The third-order valence-electron chi connectivity index (χ3n) is 10.0. The monoisotopic (exact) mass is 877 g/mol. The first-order valence-electron chi connectivity index (χ1n) is 20.7. The summed E-state index contributed by atoms with van der Waals surface area (Å²) in [4.78, 5) is 0. The summed E-state index contributed by atoms with van der Waals surface area (Å²) in [6.07, 6.45) is 2.21. The Morgan fingerprint density at radius 3 is 0.641 bits per heavy atom. The Bertz CT molecular complexity index is 1870.